The minimum atomic E-state index is -0.0695. The number of rotatable bonds is 3. The standard InChI is InChI=1S/C17H15ClINO2/c18-13-5-6-14(15(19)8-13)17(21)20-9-11-7-12-3-1-2-4-16(12)22-10-11/h1-6,8,11H,7,9-10H2,(H,20,21). The lowest BCUT2D eigenvalue weighted by Gasteiger charge is -2.25. The second kappa shape index (κ2) is 6.87. The van der Waals surface area contributed by atoms with E-state index in [-0.39, 0.29) is 5.91 Å². The minimum Gasteiger partial charge on any atom is -0.493 e. The summed E-state index contributed by atoms with van der Waals surface area (Å²) in [4.78, 5) is 12.3. The molecule has 1 N–H and O–H groups in total. The SMILES string of the molecule is O=C(NCC1COc2ccccc2C1)c1ccc(Cl)cc1I. The molecule has 1 aliphatic heterocycles. The van der Waals surface area contributed by atoms with Gasteiger partial charge in [-0.1, -0.05) is 29.8 Å². The van der Waals surface area contributed by atoms with Gasteiger partial charge in [0.05, 0.1) is 12.2 Å². The minimum absolute atomic E-state index is 0.0695. The second-order valence-electron chi connectivity index (χ2n) is 5.32. The maximum absolute atomic E-state index is 12.3. The van der Waals surface area contributed by atoms with Gasteiger partial charge in [-0.05, 0) is 58.8 Å². The number of para-hydroxylation sites is 1. The van der Waals surface area contributed by atoms with E-state index in [1.54, 1.807) is 18.2 Å². The van der Waals surface area contributed by atoms with Crippen LogP contribution in [0.3, 0.4) is 0 Å². The van der Waals surface area contributed by atoms with Gasteiger partial charge >= 0.3 is 0 Å². The smallest absolute Gasteiger partial charge is 0.252 e. The fourth-order valence-corrected chi connectivity index (χ4v) is 3.64. The van der Waals surface area contributed by atoms with Gasteiger partial charge in [-0.25, -0.2) is 0 Å². The fourth-order valence-electron chi connectivity index (χ4n) is 2.53. The van der Waals surface area contributed by atoms with Gasteiger partial charge in [0.2, 0.25) is 0 Å². The zero-order valence-electron chi connectivity index (χ0n) is 11.8. The lowest BCUT2D eigenvalue weighted by atomic mass is 9.96. The van der Waals surface area contributed by atoms with Gasteiger partial charge in [0.15, 0.2) is 0 Å². The molecule has 1 amide bonds. The summed E-state index contributed by atoms with van der Waals surface area (Å²) in [5.41, 5.74) is 1.86. The average molecular weight is 428 g/mol. The van der Waals surface area contributed by atoms with E-state index in [9.17, 15) is 4.79 Å². The van der Waals surface area contributed by atoms with E-state index in [4.69, 9.17) is 16.3 Å². The summed E-state index contributed by atoms with van der Waals surface area (Å²) in [5, 5.41) is 3.63. The van der Waals surface area contributed by atoms with Gasteiger partial charge in [0, 0.05) is 21.1 Å². The highest BCUT2D eigenvalue weighted by molar-refractivity contribution is 14.1. The summed E-state index contributed by atoms with van der Waals surface area (Å²) in [7, 11) is 0. The maximum Gasteiger partial charge on any atom is 0.252 e. The Morgan fingerprint density at radius 1 is 1.32 bits per heavy atom. The highest BCUT2D eigenvalue weighted by Gasteiger charge is 2.20. The van der Waals surface area contributed by atoms with Crippen molar-refractivity contribution < 1.29 is 9.53 Å². The molecule has 0 saturated heterocycles. The van der Waals surface area contributed by atoms with Crippen molar-refractivity contribution in [3.05, 3.63) is 62.2 Å². The van der Waals surface area contributed by atoms with Crippen LogP contribution < -0.4 is 10.1 Å². The Hall–Kier alpha value is -1.27. The number of carbonyl (C=O) groups excluding carboxylic acids is 1. The molecule has 2 aromatic carbocycles. The number of halogens is 2. The molecule has 1 heterocycles. The molecular weight excluding hydrogens is 413 g/mol. The first-order valence-corrected chi connectivity index (χ1v) is 8.53. The van der Waals surface area contributed by atoms with Crippen LogP contribution in [-0.2, 0) is 6.42 Å². The molecule has 114 valence electrons. The zero-order chi connectivity index (χ0) is 15.5. The molecule has 0 aromatic heterocycles. The lowest BCUT2D eigenvalue weighted by Crippen LogP contribution is -2.35. The lowest BCUT2D eigenvalue weighted by molar-refractivity contribution is 0.0938. The monoisotopic (exact) mass is 427 g/mol. The van der Waals surface area contributed by atoms with Crippen molar-refractivity contribution >= 4 is 40.1 Å². The first kappa shape index (κ1) is 15.6. The molecule has 0 fully saturated rings. The van der Waals surface area contributed by atoms with Gasteiger partial charge < -0.3 is 10.1 Å². The van der Waals surface area contributed by atoms with E-state index >= 15 is 0 Å². The molecule has 1 aliphatic rings. The summed E-state index contributed by atoms with van der Waals surface area (Å²) in [6, 6.07) is 13.3. The predicted octanol–water partition coefficient (Wildman–Crippen LogP) is 3.93. The van der Waals surface area contributed by atoms with Crippen molar-refractivity contribution in [2.24, 2.45) is 5.92 Å². The predicted molar refractivity (Wildman–Crippen MR) is 95.6 cm³/mol. The van der Waals surface area contributed by atoms with Crippen molar-refractivity contribution in [2.75, 3.05) is 13.2 Å². The van der Waals surface area contributed by atoms with Crippen LogP contribution in [0.5, 0.6) is 5.75 Å². The Balaban J connectivity index is 1.60. The summed E-state index contributed by atoms with van der Waals surface area (Å²) in [6.45, 7) is 1.24. The van der Waals surface area contributed by atoms with Gasteiger partial charge in [-0.15, -0.1) is 0 Å². The highest BCUT2D eigenvalue weighted by atomic mass is 127. The first-order chi connectivity index (χ1) is 10.6. The summed E-state index contributed by atoms with van der Waals surface area (Å²) in [5.74, 6) is 1.18. The van der Waals surface area contributed by atoms with Crippen molar-refractivity contribution in [1.29, 1.82) is 0 Å². The third-order valence-electron chi connectivity index (χ3n) is 3.68. The average Bonchev–Trinajstić information content (AvgIpc) is 2.52. The third-order valence-corrected chi connectivity index (χ3v) is 4.81. The molecule has 0 aliphatic carbocycles. The van der Waals surface area contributed by atoms with E-state index in [2.05, 4.69) is 34.0 Å². The summed E-state index contributed by atoms with van der Waals surface area (Å²) in [6.07, 6.45) is 0.925. The number of carbonyl (C=O) groups is 1. The van der Waals surface area contributed by atoms with Crippen molar-refractivity contribution in [3.8, 4) is 5.75 Å². The number of amides is 1. The molecule has 0 spiro atoms. The highest BCUT2D eigenvalue weighted by Crippen LogP contribution is 2.26. The number of benzene rings is 2. The molecule has 2 aromatic rings. The Bertz CT molecular complexity index is 705. The summed E-state index contributed by atoms with van der Waals surface area (Å²) >= 11 is 8.04. The van der Waals surface area contributed by atoms with Crippen LogP contribution in [0.1, 0.15) is 15.9 Å². The van der Waals surface area contributed by atoms with Crippen molar-refractivity contribution in [1.82, 2.24) is 5.32 Å². The Kier molecular flexibility index (Phi) is 4.88. The molecular formula is C17H15ClINO2. The topological polar surface area (TPSA) is 38.3 Å². The van der Waals surface area contributed by atoms with Gasteiger partial charge in [0.25, 0.3) is 5.91 Å². The first-order valence-electron chi connectivity index (χ1n) is 7.07. The van der Waals surface area contributed by atoms with Crippen molar-refractivity contribution in [3.63, 3.8) is 0 Å². The van der Waals surface area contributed by atoms with Gasteiger partial charge in [0.1, 0.15) is 5.75 Å². The molecule has 5 heteroatoms. The number of nitrogens with one attached hydrogen (secondary N) is 1. The Morgan fingerprint density at radius 2 is 2.14 bits per heavy atom. The fraction of sp³-hybridized carbons (Fsp3) is 0.235. The van der Waals surface area contributed by atoms with E-state index in [0.29, 0.717) is 29.7 Å². The molecule has 3 nitrogen and oxygen atoms in total. The normalized spacial score (nSPS) is 16.5. The molecule has 3 rings (SSSR count). The molecule has 0 saturated carbocycles. The van der Waals surface area contributed by atoms with Crippen LogP contribution in [0.4, 0.5) is 0 Å². The number of hydrogen-bond acceptors (Lipinski definition) is 2. The second-order valence-corrected chi connectivity index (χ2v) is 6.92. The molecule has 22 heavy (non-hydrogen) atoms. The van der Waals surface area contributed by atoms with Gasteiger partial charge in [-0.2, -0.15) is 0 Å². The Labute approximate surface area is 148 Å². The number of ether oxygens (including phenoxy) is 1. The van der Waals surface area contributed by atoms with Crippen molar-refractivity contribution in [2.45, 2.75) is 6.42 Å². The van der Waals surface area contributed by atoms with Gasteiger partial charge in [-0.3, -0.25) is 4.79 Å². The summed E-state index contributed by atoms with van der Waals surface area (Å²) < 4.78 is 6.60. The molecule has 0 radical (unpaired) electrons. The third kappa shape index (κ3) is 3.55. The largest absolute Gasteiger partial charge is 0.493 e. The molecule has 0 bridgehead atoms. The van der Waals surface area contributed by atoms with Crippen LogP contribution in [0.15, 0.2) is 42.5 Å². The van der Waals surface area contributed by atoms with Crippen LogP contribution in [0.25, 0.3) is 0 Å². The van der Waals surface area contributed by atoms with E-state index in [0.717, 1.165) is 15.7 Å². The van der Waals surface area contributed by atoms with E-state index in [1.807, 2.05) is 18.2 Å². The van der Waals surface area contributed by atoms with Crippen LogP contribution in [0.2, 0.25) is 5.02 Å². The maximum atomic E-state index is 12.3. The van der Waals surface area contributed by atoms with Crippen LogP contribution in [0, 0.1) is 9.49 Å². The molecule has 1 unspecified atom stereocenters. The van der Waals surface area contributed by atoms with Crippen LogP contribution >= 0.6 is 34.2 Å². The number of fused-ring (bicyclic) bond motifs is 1. The quantitative estimate of drug-likeness (QED) is 0.754. The van der Waals surface area contributed by atoms with Crippen LogP contribution in [-0.4, -0.2) is 19.1 Å². The van der Waals surface area contributed by atoms with E-state index in [1.165, 1.54) is 5.56 Å². The molecule has 1 atom stereocenters. The zero-order valence-corrected chi connectivity index (χ0v) is 14.7. The number of hydrogen-bond donors (Lipinski definition) is 1. The Morgan fingerprint density at radius 3 is 2.95 bits per heavy atom. The van der Waals surface area contributed by atoms with E-state index < -0.39 is 0 Å².